The molecule has 2 rings (SSSR count). The van der Waals surface area contributed by atoms with Gasteiger partial charge in [-0.25, -0.2) is 13.1 Å². The van der Waals surface area contributed by atoms with E-state index in [1.54, 1.807) is 36.4 Å². The molecule has 21 heavy (non-hydrogen) atoms. The van der Waals surface area contributed by atoms with Crippen LogP contribution in [0.15, 0.2) is 50.2 Å². The van der Waals surface area contributed by atoms with Crippen molar-refractivity contribution in [3.05, 3.63) is 56.5 Å². The lowest BCUT2D eigenvalue weighted by atomic mass is 10.2. The van der Waals surface area contributed by atoms with Gasteiger partial charge >= 0.3 is 0 Å². The molecule has 0 aliphatic heterocycles. The summed E-state index contributed by atoms with van der Waals surface area (Å²) in [6, 6.07) is 10.4. The quantitative estimate of drug-likeness (QED) is 0.723. The molecule has 0 saturated heterocycles. The van der Waals surface area contributed by atoms with Crippen molar-refractivity contribution in [2.45, 2.75) is 18.4 Å². The Kier molecular flexibility index (Phi) is 5.08. The van der Waals surface area contributed by atoms with Gasteiger partial charge in [0.2, 0.25) is 10.0 Å². The van der Waals surface area contributed by atoms with Crippen LogP contribution in [0, 0.1) is 6.92 Å². The zero-order chi connectivity index (χ0) is 15.6. The molecule has 0 bridgehead atoms. The van der Waals surface area contributed by atoms with E-state index in [9.17, 15) is 8.42 Å². The average Bonchev–Trinajstić information content (AvgIpc) is 2.42. The highest BCUT2D eigenvalue weighted by Crippen LogP contribution is 2.28. The largest absolute Gasteiger partial charge is 0.399 e. The monoisotopic (exact) mass is 432 g/mol. The van der Waals surface area contributed by atoms with Crippen molar-refractivity contribution in [1.82, 2.24) is 4.72 Å². The number of nitrogens with one attached hydrogen (secondary N) is 1. The molecule has 0 amide bonds. The maximum Gasteiger partial charge on any atom is 0.242 e. The van der Waals surface area contributed by atoms with Crippen LogP contribution < -0.4 is 10.5 Å². The molecule has 2 aromatic rings. The highest BCUT2D eigenvalue weighted by atomic mass is 79.9. The third-order valence-electron chi connectivity index (χ3n) is 2.95. The van der Waals surface area contributed by atoms with Crippen molar-refractivity contribution < 1.29 is 8.42 Å². The first kappa shape index (κ1) is 16.5. The molecule has 0 spiro atoms. The van der Waals surface area contributed by atoms with Crippen LogP contribution >= 0.6 is 31.9 Å². The first-order valence-electron chi connectivity index (χ1n) is 6.09. The Hall–Kier alpha value is -0.890. The van der Waals surface area contributed by atoms with Crippen LogP contribution in [0.25, 0.3) is 0 Å². The summed E-state index contributed by atoms with van der Waals surface area (Å²) >= 11 is 6.65. The van der Waals surface area contributed by atoms with E-state index in [2.05, 4.69) is 36.6 Å². The summed E-state index contributed by atoms with van der Waals surface area (Å²) in [5.74, 6) is 0. The Morgan fingerprint density at radius 2 is 1.71 bits per heavy atom. The topological polar surface area (TPSA) is 72.2 Å². The van der Waals surface area contributed by atoms with Crippen LogP contribution in [0.2, 0.25) is 0 Å². The van der Waals surface area contributed by atoms with Gasteiger partial charge in [-0.2, -0.15) is 0 Å². The van der Waals surface area contributed by atoms with Gasteiger partial charge in [0.25, 0.3) is 0 Å². The van der Waals surface area contributed by atoms with Gasteiger partial charge in [0.05, 0.1) is 4.90 Å². The van der Waals surface area contributed by atoms with Crippen molar-refractivity contribution in [2.75, 3.05) is 5.73 Å². The Balaban J connectivity index is 2.22. The van der Waals surface area contributed by atoms with Crippen molar-refractivity contribution in [2.24, 2.45) is 0 Å². The zero-order valence-electron chi connectivity index (χ0n) is 11.2. The molecular formula is C14H14Br2N2O2S. The summed E-state index contributed by atoms with van der Waals surface area (Å²) in [5, 5.41) is 0. The van der Waals surface area contributed by atoms with Gasteiger partial charge < -0.3 is 5.73 Å². The summed E-state index contributed by atoms with van der Waals surface area (Å²) in [5.41, 5.74) is 8.05. The van der Waals surface area contributed by atoms with Gasteiger partial charge in [-0.3, -0.25) is 0 Å². The number of anilines is 1. The number of rotatable bonds is 4. The summed E-state index contributed by atoms with van der Waals surface area (Å²) in [6.45, 7) is 2.10. The predicted octanol–water partition coefficient (Wildman–Crippen LogP) is 3.58. The molecule has 0 radical (unpaired) electrons. The molecule has 3 N–H and O–H groups in total. The number of hydrogen-bond acceptors (Lipinski definition) is 3. The molecule has 0 heterocycles. The van der Waals surface area contributed by atoms with Gasteiger partial charge in [-0.05, 0) is 58.2 Å². The lowest BCUT2D eigenvalue weighted by Gasteiger charge is -2.10. The summed E-state index contributed by atoms with van der Waals surface area (Å²) in [6.07, 6.45) is 0. The number of hydrogen-bond donors (Lipinski definition) is 2. The molecule has 0 unspecified atom stereocenters. The van der Waals surface area contributed by atoms with E-state index in [1.807, 2.05) is 6.92 Å². The molecule has 0 aliphatic rings. The lowest BCUT2D eigenvalue weighted by Crippen LogP contribution is -2.23. The van der Waals surface area contributed by atoms with E-state index in [1.165, 1.54) is 0 Å². The first-order valence-corrected chi connectivity index (χ1v) is 9.16. The number of sulfonamides is 1. The van der Waals surface area contributed by atoms with Gasteiger partial charge in [-0.15, -0.1) is 0 Å². The fraction of sp³-hybridized carbons (Fsp3) is 0.143. The van der Waals surface area contributed by atoms with Crippen molar-refractivity contribution in [1.29, 1.82) is 0 Å². The normalized spacial score (nSPS) is 11.6. The molecule has 7 heteroatoms. The minimum Gasteiger partial charge on any atom is -0.399 e. The van der Waals surface area contributed by atoms with Crippen LogP contribution in [0.5, 0.6) is 0 Å². The number of halogens is 2. The van der Waals surface area contributed by atoms with E-state index in [-0.39, 0.29) is 11.4 Å². The summed E-state index contributed by atoms with van der Waals surface area (Å²) in [4.78, 5) is 0.204. The fourth-order valence-electron chi connectivity index (χ4n) is 1.73. The van der Waals surface area contributed by atoms with Crippen LogP contribution in [-0.4, -0.2) is 8.42 Å². The van der Waals surface area contributed by atoms with Gasteiger partial charge in [0.1, 0.15) is 0 Å². The molecule has 112 valence electrons. The second-order valence-corrected chi connectivity index (χ2v) is 8.04. The Morgan fingerprint density at radius 3 is 2.33 bits per heavy atom. The zero-order valence-corrected chi connectivity index (χ0v) is 15.2. The maximum atomic E-state index is 12.4. The minimum absolute atomic E-state index is 0.204. The molecule has 0 saturated carbocycles. The smallest absolute Gasteiger partial charge is 0.242 e. The molecule has 2 aromatic carbocycles. The SMILES string of the molecule is Cc1cc(Br)c(S(=O)(=O)NCc2ccc(N)cc2)cc1Br. The highest BCUT2D eigenvalue weighted by molar-refractivity contribution is 9.11. The van der Waals surface area contributed by atoms with Crippen LogP contribution in [-0.2, 0) is 16.6 Å². The average molecular weight is 434 g/mol. The summed E-state index contributed by atoms with van der Waals surface area (Å²) < 4.78 is 28.6. The molecule has 4 nitrogen and oxygen atoms in total. The Bertz CT molecular complexity index is 759. The molecule has 0 fully saturated rings. The fourth-order valence-corrected chi connectivity index (χ4v) is 4.42. The van der Waals surface area contributed by atoms with Crippen LogP contribution in [0.3, 0.4) is 0 Å². The second-order valence-electron chi connectivity index (χ2n) is 4.60. The second kappa shape index (κ2) is 6.48. The third-order valence-corrected chi connectivity index (χ3v) is 6.16. The van der Waals surface area contributed by atoms with Crippen LogP contribution in [0.1, 0.15) is 11.1 Å². The molecule has 0 atom stereocenters. The van der Waals surface area contributed by atoms with E-state index in [0.717, 1.165) is 15.6 Å². The van der Waals surface area contributed by atoms with Crippen molar-refractivity contribution in [3.8, 4) is 0 Å². The molecule has 0 aliphatic carbocycles. The van der Waals surface area contributed by atoms with Crippen LogP contribution in [0.4, 0.5) is 5.69 Å². The number of benzene rings is 2. The number of nitrogens with two attached hydrogens (primary N) is 1. The van der Waals surface area contributed by atoms with E-state index >= 15 is 0 Å². The van der Waals surface area contributed by atoms with E-state index in [0.29, 0.717) is 10.2 Å². The maximum absolute atomic E-state index is 12.4. The lowest BCUT2D eigenvalue weighted by molar-refractivity contribution is 0.580. The predicted molar refractivity (Wildman–Crippen MR) is 91.5 cm³/mol. The van der Waals surface area contributed by atoms with Crippen molar-refractivity contribution >= 4 is 47.6 Å². The highest BCUT2D eigenvalue weighted by Gasteiger charge is 2.18. The Morgan fingerprint density at radius 1 is 1.10 bits per heavy atom. The van der Waals surface area contributed by atoms with E-state index in [4.69, 9.17) is 5.73 Å². The standard InChI is InChI=1S/C14H14Br2N2O2S/c1-9-6-13(16)14(7-12(9)15)21(19,20)18-8-10-2-4-11(17)5-3-10/h2-7,18H,8,17H2,1H3. The number of nitrogen functional groups attached to an aromatic ring is 1. The molecular weight excluding hydrogens is 420 g/mol. The van der Waals surface area contributed by atoms with E-state index < -0.39 is 10.0 Å². The minimum atomic E-state index is -3.60. The van der Waals surface area contributed by atoms with Gasteiger partial charge in [-0.1, -0.05) is 28.1 Å². The Labute approximate surface area is 141 Å². The van der Waals surface area contributed by atoms with Crippen molar-refractivity contribution in [3.63, 3.8) is 0 Å². The number of aryl methyl sites for hydroxylation is 1. The summed E-state index contributed by atoms with van der Waals surface area (Å²) in [7, 11) is -3.60. The van der Waals surface area contributed by atoms with Gasteiger partial charge in [0, 0.05) is 21.2 Å². The first-order chi connectivity index (χ1) is 9.79. The third kappa shape index (κ3) is 4.06. The van der Waals surface area contributed by atoms with Gasteiger partial charge in [0.15, 0.2) is 0 Å². The molecule has 0 aromatic heterocycles.